The SMILES string of the molecule is CCn1cc(-c2nc(NC(=O)c3ccc(Cl)cc3)n[nH]2)c(=O)c2cc(Br)c(C)nc21. The number of aromatic nitrogens is 5. The maximum absolute atomic E-state index is 13.1. The van der Waals surface area contributed by atoms with E-state index in [0.29, 0.717) is 33.7 Å². The third kappa shape index (κ3) is 3.73. The minimum atomic E-state index is -0.384. The van der Waals surface area contributed by atoms with E-state index in [0.717, 1.165) is 10.2 Å². The van der Waals surface area contributed by atoms with Gasteiger partial charge in [0.2, 0.25) is 11.4 Å². The van der Waals surface area contributed by atoms with Crippen LogP contribution >= 0.6 is 27.5 Å². The summed E-state index contributed by atoms with van der Waals surface area (Å²) in [5, 5.41) is 10.4. The van der Waals surface area contributed by atoms with Gasteiger partial charge in [-0.3, -0.25) is 20.0 Å². The topological polar surface area (TPSA) is 106 Å². The van der Waals surface area contributed by atoms with Crippen LogP contribution in [0, 0.1) is 6.92 Å². The van der Waals surface area contributed by atoms with Crippen molar-refractivity contribution in [2.24, 2.45) is 0 Å². The molecule has 0 bridgehead atoms. The van der Waals surface area contributed by atoms with Gasteiger partial charge in [-0.2, -0.15) is 4.98 Å². The molecule has 0 spiro atoms. The van der Waals surface area contributed by atoms with Crippen molar-refractivity contribution < 1.29 is 4.79 Å². The van der Waals surface area contributed by atoms with Crippen LogP contribution < -0.4 is 10.7 Å². The number of anilines is 1. The Morgan fingerprint density at radius 1 is 1.27 bits per heavy atom. The van der Waals surface area contributed by atoms with E-state index < -0.39 is 0 Å². The van der Waals surface area contributed by atoms with E-state index in [2.05, 4.69) is 41.4 Å². The fourth-order valence-electron chi connectivity index (χ4n) is 3.00. The Kier molecular flexibility index (Phi) is 5.40. The zero-order valence-corrected chi connectivity index (χ0v) is 18.4. The van der Waals surface area contributed by atoms with Crippen LogP contribution in [0.15, 0.2) is 45.8 Å². The number of benzene rings is 1. The number of hydrogen-bond acceptors (Lipinski definition) is 5. The molecule has 0 fully saturated rings. The number of aromatic amines is 1. The molecule has 0 saturated heterocycles. The summed E-state index contributed by atoms with van der Waals surface area (Å²) in [6, 6.07) is 8.20. The molecule has 3 aromatic heterocycles. The Balaban J connectivity index is 1.71. The van der Waals surface area contributed by atoms with E-state index in [1.54, 1.807) is 36.5 Å². The maximum Gasteiger partial charge on any atom is 0.258 e. The fourth-order valence-corrected chi connectivity index (χ4v) is 3.44. The lowest BCUT2D eigenvalue weighted by Crippen LogP contribution is -2.14. The molecule has 0 radical (unpaired) electrons. The van der Waals surface area contributed by atoms with Gasteiger partial charge in [-0.05, 0) is 60.1 Å². The van der Waals surface area contributed by atoms with Crippen LogP contribution in [0.5, 0.6) is 0 Å². The summed E-state index contributed by atoms with van der Waals surface area (Å²) in [7, 11) is 0. The molecule has 2 N–H and O–H groups in total. The Bertz CT molecular complexity index is 1330. The van der Waals surface area contributed by atoms with Gasteiger partial charge in [0.1, 0.15) is 5.65 Å². The zero-order valence-electron chi connectivity index (χ0n) is 16.0. The van der Waals surface area contributed by atoms with Crippen molar-refractivity contribution in [3.05, 3.63) is 67.5 Å². The maximum atomic E-state index is 13.1. The lowest BCUT2D eigenvalue weighted by Gasteiger charge is -2.11. The predicted molar refractivity (Wildman–Crippen MR) is 119 cm³/mol. The summed E-state index contributed by atoms with van der Waals surface area (Å²) < 4.78 is 2.63. The molecule has 3 heterocycles. The smallest absolute Gasteiger partial charge is 0.258 e. The summed E-state index contributed by atoms with van der Waals surface area (Å²) >= 11 is 9.28. The molecule has 0 aliphatic rings. The normalized spacial score (nSPS) is 11.1. The first-order chi connectivity index (χ1) is 14.4. The Labute approximate surface area is 184 Å². The van der Waals surface area contributed by atoms with Gasteiger partial charge >= 0.3 is 0 Å². The molecule has 4 rings (SSSR count). The van der Waals surface area contributed by atoms with Crippen molar-refractivity contribution in [2.75, 3.05) is 5.32 Å². The van der Waals surface area contributed by atoms with Gasteiger partial charge in [0, 0.05) is 27.8 Å². The highest BCUT2D eigenvalue weighted by Gasteiger charge is 2.17. The van der Waals surface area contributed by atoms with Gasteiger partial charge in [0.15, 0.2) is 5.82 Å². The number of carbonyl (C=O) groups is 1. The Hall–Kier alpha value is -3.04. The van der Waals surface area contributed by atoms with Gasteiger partial charge in [0.05, 0.1) is 16.6 Å². The lowest BCUT2D eigenvalue weighted by molar-refractivity contribution is 0.102. The van der Waals surface area contributed by atoms with Crippen LogP contribution in [0.3, 0.4) is 0 Å². The molecular formula is C20H16BrClN6O2. The van der Waals surface area contributed by atoms with E-state index in [1.165, 1.54) is 0 Å². The largest absolute Gasteiger partial charge is 0.332 e. The number of nitrogens with zero attached hydrogens (tertiary/aromatic N) is 4. The molecule has 0 aliphatic heterocycles. The molecule has 10 heteroatoms. The summed E-state index contributed by atoms with van der Waals surface area (Å²) in [6.45, 7) is 4.45. The number of halogens is 2. The van der Waals surface area contributed by atoms with Crippen LogP contribution in [0.4, 0.5) is 5.95 Å². The standard InChI is InChI=1S/C20H16BrClN6O2/c1-3-28-9-14(16(29)13-8-15(21)10(2)23-18(13)28)17-24-20(27-26-17)25-19(30)11-4-6-12(22)7-5-11/h4-9H,3H2,1-2H3,(H2,24,25,26,27,30). The molecule has 1 aromatic carbocycles. The molecular weight excluding hydrogens is 472 g/mol. The Morgan fingerprint density at radius 3 is 2.70 bits per heavy atom. The van der Waals surface area contributed by atoms with Crippen molar-refractivity contribution in [1.29, 1.82) is 0 Å². The first-order valence-electron chi connectivity index (χ1n) is 9.07. The van der Waals surface area contributed by atoms with E-state index >= 15 is 0 Å². The number of carbonyl (C=O) groups excluding carboxylic acids is 1. The summed E-state index contributed by atoms with van der Waals surface area (Å²) in [5.74, 6) is -0.0618. The minimum absolute atomic E-state index is 0.0655. The number of aryl methyl sites for hydroxylation is 2. The lowest BCUT2D eigenvalue weighted by atomic mass is 10.1. The molecule has 0 atom stereocenters. The van der Waals surface area contributed by atoms with E-state index in [9.17, 15) is 9.59 Å². The van der Waals surface area contributed by atoms with Crippen molar-refractivity contribution >= 4 is 50.4 Å². The monoisotopic (exact) mass is 486 g/mol. The van der Waals surface area contributed by atoms with E-state index in [1.807, 2.05) is 18.4 Å². The van der Waals surface area contributed by atoms with E-state index in [4.69, 9.17) is 11.6 Å². The van der Waals surface area contributed by atoms with Gasteiger partial charge < -0.3 is 4.57 Å². The first kappa shape index (κ1) is 20.2. The number of nitrogens with one attached hydrogen (secondary N) is 2. The highest BCUT2D eigenvalue weighted by molar-refractivity contribution is 9.10. The second-order valence-corrected chi connectivity index (χ2v) is 7.84. The molecule has 4 aromatic rings. The van der Waals surface area contributed by atoms with Gasteiger partial charge in [-0.1, -0.05) is 11.6 Å². The van der Waals surface area contributed by atoms with Crippen molar-refractivity contribution in [3.63, 3.8) is 0 Å². The number of hydrogen-bond donors (Lipinski definition) is 2. The number of rotatable bonds is 4. The highest BCUT2D eigenvalue weighted by Crippen LogP contribution is 2.22. The predicted octanol–water partition coefficient (Wildman–Crippen LogP) is 4.18. The molecule has 0 saturated carbocycles. The molecule has 0 aliphatic carbocycles. The van der Waals surface area contributed by atoms with Crippen LogP contribution in [0.1, 0.15) is 23.0 Å². The fraction of sp³-hybridized carbons (Fsp3) is 0.150. The van der Waals surface area contributed by atoms with Crippen molar-refractivity contribution in [2.45, 2.75) is 20.4 Å². The molecule has 0 unspecified atom stereocenters. The molecule has 30 heavy (non-hydrogen) atoms. The van der Waals surface area contributed by atoms with E-state index in [-0.39, 0.29) is 23.1 Å². The van der Waals surface area contributed by atoms with Crippen LogP contribution in [0.25, 0.3) is 22.4 Å². The average molecular weight is 488 g/mol. The van der Waals surface area contributed by atoms with Gasteiger partial charge in [0.25, 0.3) is 5.91 Å². The summed E-state index contributed by atoms with van der Waals surface area (Å²) in [6.07, 6.45) is 1.69. The molecule has 152 valence electrons. The number of fused-ring (bicyclic) bond motifs is 1. The number of H-pyrrole nitrogens is 1. The summed E-state index contributed by atoms with van der Waals surface area (Å²) in [4.78, 5) is 34.2. The van der Waals surface area contributed by atoms with Crippen molar-refractivity contribution in [1.82, 2.24) is 24.7 Å². The van der Waals surface area contributed by atoms with Crippen LogP contribution in [-0.2, 0) is 6.54 Å². The quantitative estimate of drug-likeness (QED) is 0.449. The third-order valence-electron chi connectivity index (χ3n) is 4.59. The van der Waals surface area contributed by atoms with Gasteiger partial charge in [-0.25, -0.2) is 4.98 Å². The van der Waals surface area contributed by atoms with Crippen LogP contribution in [0.2, 0.25) is 5.02 Å². The number of pyridine rings is 2. The third-order valence-corrected chi connectivity index (χ3v) is 5.65. The van der Waals surface area contributed by atoms with Gasteiger partial charge in [-0.15, -0.1) is 5.10 Å². The van der Waals surface area contributed by atoms with Crippen LogP contribution in [-0.4, -0.2) is 30.6 Å². The molecule has 8 nitrogen and oxygen atoms in total. The molecule has 1 amide bonds. The zero-order chi connectivity index (χ0) is 21.4. The first-order valence-corrected chi connectivity index (χ1v) is 10.2. The highest BCUT2D eigenvalue weighted by atomic mass is 79.9. The summed E-state index contributed by atoms with van der Waals surface area (Å²) in [5.41, 5.74) is 1.92. The minimum Gasteiger partial charge on any atom is -0.332 e. The Morgan fingerprint density at radius 2 is 2.00 bits per heavy atom. The average Bonchev–Trinajstić information content (AvgIpc) is 3.18. The second kappa shape index (κ2) is 8.00. The number of amides is 1. The second-order valence-electron chi connectivity index (χ2n) is 6.55. The van der Waals surface area contributed by atoms with Crippen molar-refractivity contribution in [3.8, 4) is 11.4 Å².